The number of hydrogen-bond donors (Lipinski definition) is 2. The van der Waals surface area contributed by atoms with E-state index in [1.165, 1.54) is 12.4 Å². The molecule has 0 aromatic carbocycles. The van der Waals surface area contributed by atoms with Crippen LogP contribution in [0.5, 0.6) is 0 Å². The van der Waals surface area contributed by atoms with Gasteiger partial charge in [-0.05, 0) is 18.2 Å². The van der Waals surface area contributed by atoms with E-state index < -0.39 is 29.1 Å². The number of carbonyl (C=O) groups excluding carboxylic acids is 2. The summed E-state index contributed by atoms with van der Waals surface area (Å²) in [6, 6.07) is 4.08. The first-order valence-electron chi connectivity index (χ1n) is 5.74. The van der Waals surface area contributed by atoms with E-state index in [0.717, 1.165) is 12.3 Å². The van der Waals surface area contributed by atoms with Crippen molar-refractivity contribution in [3.63, 3.8) is 0 Å². The van der Waals surface area contributed by atoms with Crippen LogP contribution in [-0.2, 0) is 6.18 Å². The van der Waals surface area contributed by atoms with Crippen LogP contribution in [0.2, 0.25) is 0 Å². The summed E-state index contributed by atoms with van der Waals surface area (Å²) >= 11 is 0. The third-order valence-corrected chi connectivity index (χ3v) is 2.36. The number of carbonyl (C=O) groups is 2. The molecule has 2 aromatic rings. The molecule has 2 heterocycles. The lowest BCUT2D eigenvalue weighted by molar-refractivity contribution is -0.138. The topological polar surface area (TPSA) is 112 Å². The highest BCUT2D eigenvalue weighted by molar-refractivity contribution is 5.94. The van der Waals surface area contributed by atoms with Gasteiger partial charge < -0.3 is 11.5 Å². The zero-order chi connectivity index (χ0) is 16.8. The maximum Gasteiger partial charge on any atom is 0.418 e. The van der Waals surface area contributed by atoms with Gasteiger partial charge in [-0.25, -0.2) is 0 Å². The fourth-order valence-electron chi connectivity index (χ4n) is 1.35. The predicted octanol–water partition coefficient (Wildman–Crippen LogP) is 1.38. The van der Waals surface area contributed by atoms with E-state index in [1.807, 2.05) is 0 Å². The Morgan fingerprint density at radius 2 is 1.45 bits per heavy atom. The first kappa shape index (κ1) is 17.1. The largest absolute Gasteiger partial charge is 0.418 e. The van der Waals surface area contributed by atoms with Crippen molar-refractivity contribution in [1.82, 2.24) is 9.97 Å². The molecule has 2 rings (SSSR count). The predicted molar refractivity (Wildman–Crippen MR) is 70.5 cm³/mol. The lowest BCUT2D eigenvalue weighted by Gasteiger charge is -2.08. The van der Waals surface area contributed by atoms with E-state index in [-0.39, 0.29) is 0 Å². The summed E-state index contributed by atoms with van der Waals surface area (Å²) in [5, 5.41) is 0. The molecule has 0 saturated heterocycles. The Labute approximate surface area is 123 Å². The van der Waals surface area contributed by atoms with Crippen molar-refractivity contribution in [2.24, 2.45) is 11.5 Å². The lowest BCUT2D eigenvalue weighted by Crippen LogP contribution is -2.18. The van der Waals surface area contributed by atoms with Crippen LogP contribution in [0.25, 0.3) is 0 Å². The Bertz CT molecular complexity index is 660. The molecule has 0 fully saturated rings. The number of alkyl halides is 3. The van der Waals surface area contributed by atoms with E-state index in [9.17, 15) is 22.8 Å². The van der Waals surface area contributed by atoms with Gasteiger partial charge in [-0.3, -0.25) is 19.6 Å². The molecule has 22 heavy (non-hydrogen) atoms. The average molecular weight is 312 g/mol. The first-order chi connectivity index (χ1) is 10.2. The number of rotatable bonds is 2. The van der Waals surface area contributed by atoms with Crippen LogP contribution in [0.3, 0.4) is 0 Å². The number of hydrogen-bond acceptors (Lipinski definition) is 4. The van der Waals surface area contributed by atoms with Crippen LogP contribution in [0.1, 0.15) is 26.3 Å². The second kappa shape index (κ2) is 7.16. The maximum absolute atomic E-state index is 12.2. The highest BCUT2D eigenvalue weighted by Gasteiger charge is 2.34. The van der Waals surface area contributed by atoms with E-state index in [0.29, 0.717) is 11.8 Å². The number of amides is 2. The van der Waals surface area contributed by atoms with Crippen molar-refractivity contribution in [3.05, 3.63) is 59.7 Å². The third-order valence-electron chi connectivity index (χ3n) is 2.36. The molecule has 4 N–H and O–H groups in total. The van der Waals surface area contributed by atoms with Gasteiger partial charge >= 0.3 is 6.18 Å². The van der Waals surface area contributed by atoms with Crippen molar-refractivity contribution >= 4 is 11.8 Å². The molecule has 0 atom stereocenters. The average Bonchev–Trinajstić information content (AvgIpc) is 2.48. The van der Waals surface area contributed by atoms with Crippen molar-refractivity contribution in [3.8, 4) is 0 Å². The molecule has 0 aliphatic rings. The minimum Gasteiger partial charge on any atom is -0.366 e. The van der Waals surface area contributed by atoms with E-state index in [2.05, 4.69) is 9.97 Å². The molecule has 0 radical (unpaired) electrons. The third kappa shape index (κ3) is 4.85. The van der Waals surface area contributed by atoms with E-state index >= 15 is 0 Å². The lowest BCUT2D eigenvalue weighted by atomic mass is 10.1. The van der Waals surface area contributed by atoms with Crippen molar-refractivity contribution in [1.29, 1.82) is 0 Å². The summed E-state index contributed by atoms with van der Waals surface area (Å²) in [5.74, 6) is -1.54. The van der Waals surface area contributed by atoms with E-state index in [4.69, 9.17) is 11.5 Å². The summed E-state index contributed by atoms with van der Waals surface area (Å²) in [4.78, 5) is 27.9. The minimum atomic E-state index is -4.60. The minimum absolute atomic E-state index is 0.419. The van der Waals surface area contributed by atoms with Gasteiger partial charge in [0.2, 0.25) is 11.8 Å². The molecular formula is C13H11F3N4O2. The number of halogens is 3. The zero-order valence-electron chi connectivity index (χ0n) is 11.0. The number of nitrogens with two attached hydrogens (primary N) is 2. The highest BCUT2D eigenvalue weighted by Crippen LogP contribution is 2.30. The van der Waals surface area contributed by atoms with Crippen LogP contribution in [-0.4, -0.2) is 21.8 Å². The van der Waals surface area contributed by atoms with Gasteiger partial charge in [0.1, 0.15) is 0 Å². The molecule has 0 spiro atoms. The fourth-order valence-corrected chi connectivity index (χ4v) is 1.35. The number of nitrogens with zero attached hydrogens (tertiary/aromatic N) is 2. The van der Waals surface area contributed by atoms with Crippen LogP contribution in [0.4, 0.5) is 13.2 Å². The van der Waals surface area contributed by atoms with Gasteiger partial charge in [-0.1, -0.05) is 0 Å². The number of primary amides is 2. The molecule has 2 aromatic heterocycles. The quantitative estimate of drug-likeness (QED) is 0.872. The standard InChI is InChI=1S/C7H5F3N2O.C6H6N2O/c8-7(9,10)5-3-12-2-1-4(5)6(11)13;7-6(9)5-1-3-8-4-2-5/h1-3H,(H2,11,13);1-4H,(H2,7,9). The summed E-state index contributed by atoms with van der Waals surface area (Å²) in [5.41, 5.74) is 8.51. The Morgan fingerprint density at radius 1 is 0.909 bits per heavy atom. The van der Waals surface area contributed by atoms with Gasteiger partial charge in [0.15, 0.2) is 0 Å². The summed E-state index contributed by atoms with van der Waals surface area (Å²) in [6.07, 6.45) is 0.105. The Kier molecular flexibility index (Phi) is 5.56. The van der Waals surface area contributed by atoms with Gasteiger partial charge in [-0.15, -0.1) is 0 Å². The maximum atomic E-state index is 12.2. The Morgan fingerprint density at radius 3 is 1.82 bits per heavy atom. The van der Waals surface area contributed by atoms with Crippen LogP contribution in [0, 0.1) is 0 Å². The molecule has 0 aliphatic heterocycles. The molecule has 6 nitrogen and oxygen atoms in total. The molecule has 0 aliphatic carbocycles. The number of pyridine rings is 2. The van der Waals surface area contributed by atoms with Crippen molar-refractivity contribution in [2.75, 3.05) is 0 Å². The summed E-state index contributed by atoms with van der Waals surface area (Å²) in [6.45, 7) is 0. The van der Waals surface area contributed by atoms with Crippen LogP contribution < -0.4 is 11.5 Å². The molecule has 9 heteroatoms. The van der Waals surface area contributed by atoms with Gasteiger partial charge in [0, 0.05) is 30.4 Å². The molecular weight excluding hydrogens is 301 g/mol. The smallest absolute Gasteiger partial charge is 0.366 e. The molecule has 2 amide bonds. The van der Waals surface area contributed by atoms with Crippen LogP contribution in [0.15, 0.2) is 43.0 Å². The summed E-state index contributed by atoms with van der Waals surface area (Å²) < 4.78 is 36.5. The normalized spacial score (nSPS) is 10.3. The SMILES string of the molecule is NC(=O)c1ccncc1.NC(=O)c1ccncc1C(F)(F)F. The number of aromatic nitrogens is 2. The first-order valence-corrected chi connectivity index (χ1v) is 5.74. The zero-order valence-corrected chi connectivity index (χ0v) is 11.0. The second-order valence-electron chi connectivity index (χ2n) is 3.88. The van der Waals surface area contributed by atoms with Crippen LogP contribution >= 0.6 is 0 Å². The molecule has 0 unspecified atom stereocenters. The monoisotopic (exact) mass is 312 g/mol. The fraction of sp³-hybridized carbons (Fsp3) is 0.0769. The van der Waals surface area contributed by atoms with Gasteiger partial charge in [-0.2, -0.15) is 13.2 Å². The van der Waals surface area contributed by atoms with Crippen molar-refractivity contribution < 1.29 is 22.8 Å². The second-order valence-corrected chi connectivity index (χ2v) is 3.88. The Hall–Kier alpha value is -2.97. The summed E-state index contributed by atoms with van der Waals surface area (Å²) in [7, 11) is 0. The van der Waals surface area contributed by atoms with E-state index in [1.54, 1.807) is 12.1 Å². The van der Waals surface area contributed by atoms with Gasteiger partial charge in [0.05, 0.1) is 11.1 Å². The Balaban J connectivity index is 0.000000235. The van der Waals surface area contributed by atoms with Crippen molar-refractivity contribution in [2.45, 2.75) is 6.18 Å². The van der Waals surface area contributed by atoms with Gasteiger partial charge in [0.25, 0.3) is 0 Å². The highest BCUT2D eigenvalue weighted by atomic mass is 19.4. The molecule has 116 valence electrons. The molecule has 0 bridgehead atoms. The molecule has 0 saturated carbocycles.